The third-order valence-corrected chi connectivity index (χ3v) is 3.77. The molecule has 0 saturated carbocycles. The Labute approximate surface area is 111 Å². The van der Waals surface area contributed by atoms with Crippen LogP contribution in [-0.2, 0) is 21.5 Å². The molecule has 0 unspecified atom stereocenters. The Hall–Kier alpha value is -1.73. The van der Waals surface area contributed by atoms with Gasteiger partial charge < -0.3 is 0 Å². The van der Waals surface area contributed by atoms with E-state index < -0.39 is 10.1 Å². The predicted molar refractivity (Wildman–Crippen MR) is 69.3 cm³/mol. The maximum Gasteiger partial charge on any atom is 0.294 e. The maximum absolute atomic E-state index is 11.6. The first-order valence-corrected chi connectivity index (χ1v) is 7.13. The second kappa shape index (κ2) is 4.75. The first-order valence-electron chi connectivity index (χ1n) is 5.69. The molecule has 6 nitrogen and oxygen atoms in total. The van der Waals surface area contributed by atoms with Gasteiger partial charge in [0, 0.05) is 5.71 Å². The molecule has 0 bridgehead atoms. The van der Waals surface area contributed by atoms with E-state index in [0.29, 0.717) is 5.56 Å². The van der Waals surface area contributed by atoms with E-state index in [4.69, 9.17) is 4.55 Å². The molecule has 0 spiro atoms. The quantitative estimate of drug-likeness (QED) is 0.848. The minimum atomic E-state index is -4.24. The van der Waals surface area contributed by atoms with Crippen LogP contribution in [0.4, 0.5) is 0 Å². The molecule has 1 aliphatic rings. The Kier molecular flexibility index (Phi) is 3.42. The Morgan fingerprint density at radius 1 is 1.37 bits per heavy atom. The van der Waals surface area contributed by atoms with Crippen molar-refractivity contribution in [3.63, 3.8) is 0 Å². The van der Waals surface area contributed by atoms with Crippen molar-refractivity contribution in [2.75, 3.05) is 0 Å². The van der Waals surface area contributed by atoms with Gasteiger partial charge in [0.25, 0.3) is 10.1 Å². The first kappa shape index (κ1) is 13.7. The van der Waals surface area contributed by atoms with E-state index in [1.807, 2.05) is 0 Å². The molecule has 1 aromatic rings. The molecule has 1 amide bonds. The van der Waals surface area contributed by atoms with Crippen LogP contribution >= 0.6 is 0 Å². The van der Waals surface area contributed by atoms with Crippen LogP contribution < -0.4 is 0 Å². The summed E-state index contributed by atoms with van der Waals surface area (Å²) < 4.78 is 31.2. The smallest absolute Gasteiger partial charge is 0.282 e. The van der Waals surface area contributed by atoms with Crippen LogP contribution in [0.25, 0.3) is 0 Å². The zero-order valence-corrected chi connectivity index (χ0v) is 11.4. The van der Waals surface area contributed by atoms with Crippen LogP contribution in [0.5, 0.6) is 0 Å². The van der Waals surface area contributed by atoms with E-state index in [9.17, 15) is 13.2 Å². The lowest BCUT2D eigenvalue weighted by Crippen LogP contribution is -2.20. The summed E-state index contributed by atoms with van der Waals surface area (Å²) in [6.07, 6.45) is 0.289. The van der Waals surface area contributed by atoms with Crippen molar-refractivity contribution in [2.45, 2.75) is 31.7 Å². The largest absolute Gasteiger partial charge is 0.294 e. The Balaban J connectivity index is 2.33. The topological polar surface area (TPSA) is 87.0 Å². The minimum Gasteiger partial charge on any atom is -0.282 e. The van der Waals surface area contributed by atoms with E-state index in [1.54, 1.807) is 19.9 Å². The van der Waals surface area contributed by atoms with Crippen LogP contribution in [0.1, 0.15) is 24.5 Å². The summed E-state index contributed by atoms with van der Waals surface area (Å²) in [4.78, 5) is 11.4. The first-order chi connectivity index (χ1) is 8.77. The lowest BCUT2D eigenvalue weighted by molar-refractivity contribution is -0.129. The average Bonchev–Trinajstić information content (AvgIpc) is 2.59. The van der Waals surface area contributed by atoms with Gasteiger partial charge in [0.2, 0.25) is 5.91 Å². The standard InChI is InChI=1S/C12H14N2O4S/c1-8-3-4-11(19(16,17)18)6-10(8)7-14-12(15)5-9(2)13-14/h3-4,6H,5,7H2,1-2H3,(H,16,17,18). The molecular weight excluding hydrogens is 268 g/mol. The Bertz CT molecular complexity index is 664. The number of amides is 1. The van der Waals surface area contributed by atoms with E-state index in [-0.39, 0.29) is 23.8 Å². The lowest BCUT2D eigenvalue weighted by atomic mass is 10.1. The molecule has 19 heavy (non-hydrogen) atoms. The molecule has 0 fully saturated rings. The summed E-state index contributed by atoms with van der Waals surface area (Å²) >= 11 is 0. The van der Waals surface area contributed by atoms with Crippen LogP contribution in [0, 0.1) is 6.92 Å². The zero-order chi connectivity index (χ0) is 14.2. The second-order valence-corrected chi connectivity index (χ2v) is 5.95. The molecular formula is C12H14N2O4S. The number of benzene rings is 1. The van der Waals surface area contributed by atoms with Crippen LogP contribution in [-0.4, -0.2) is 29.6 Å². The molecule has 0 aliphatic carbocycles. The molecule has 1 N–H and O–H groups in total. The highest BCUT2D eigenvalue weighted by Crippen LogP contribution is 2.19. The molecule has 0 atom stereocenters. The fourth-order valence-corrected chi connectivity index (χ4v) is 2.40. The minimum absolute atomic E-state index is 0.117. The summed E-state index contributed by atoms with van der Waals surface area (Å²) in [5, 5.41) is 5.40. The number of aryl methyl sites for hydroxylation is 1. The highest BCUT2D eigenvalue weighted by Gasteiger charge is 2.22. The normalized spacial score (nSPS) is 15.8. The molecule has 0 radical (unpaired) electrons. The number of carbonyl (C=O) groups is 1. The van der Waals surface area contributed by atoms with Crippen molar-refractivity contribution < 1.29 is 17.8 Å². The number of nitrogens with zero attached hydrogens (tertiary/aromatic N) is 2. The van der Waals surface area contributed by atoms with Crippen molar-refractivity contribution in [3.05, 3.63) is 29.3 Å². The lowest BCUT2D eigenvalue weighted by Gasteiger charge is -2.14. The number of rotatable bonds is 3. The van der Waals surface area contributed by atoms with Crippen molar-refractivity contribution in [3.8, 4) is 0 Å². The van der Waals surface area contributed by atoms with Crippen molar-refractivity contribution >= 4 is 21.7 Å². The molecule has 7 heteroatoms. The zero-order valence-electron chi connectivity index (χ0n) is 10.6. The highest BCUT2D eigenvalue weighted by atomic mass is 32.2. The summed E-state index contributed by atoms with van der Waals surface area (Å²) in [6, 6.07) is 4.28. The SMILES string of the molecule is CC1=NN(Cc2cc(S(=O)(=O)O)ccc2C)C(=O)C1. The summed E-state index contributed by atoms with van der Waals surface area (Å²) in [5.74, 6) is -0.117. The molecule has 102 valence electrons. The summed E-state index contributed by atoms with van der Waals surface area (Å²) in [7, 11) is -4.24. The van der Waals surface area contributed by atoms with Gasteiger partial charge in [0.1, 0.15) is 0 Å². The molecule has 1 aromatic carbocycles. The molecule has 0 aromatic heterocycles. The van der Waals surface area contributed by atoms with E-state index in [0.717, 1.165) is 11.3 Å². The van der Waals surface area contributed by atoms with Crippen LogP contribution in [0.2, 0.25) is 0 Å². The third kappa shape index (κ3) is 2.99. The Morgan fingerprint density at radius 3 is 2.58 bits per heavy atom. The van der Waals surface area contributed by atoms with Gasteiger partial charge in [0.05, 0.1) is 17.9 Å². The molecule has 2 rings (SSSR count). The summed E-state index contributed by atoms with van der Waals surface area (Å²) in [5.41, 5.74) is 2.20. The van der Waals surface area contributed by atoms with Gasteiger partial charge >= 0.3 is 0 Å². The fraction of sp³-hybridized carbons (Fsp3) is 0.333. The third-order valence-electron chi connectivity index (χ3n) is 2.92. The van der Waals surface area contributed by atoms with Gasteiger partial charge in [-0.15, -0.1) is 0 Å². The number of hydrazone groups is 1. The highest BCUT2D eigenvalue weighted by molar-refractivity contribution is 7.85. The van der Waals surface area contributed by atoms with Gasteiger partial charge in [-0.25, -0.2) is 5.01 Å². The number of carbonyl (C=O) groups excluding carboxylic acids is 1. The Morgan fingerprint density at radius 2 is 2.05 bits per heavy atom. The van der Waals surface area contributed by atoms with Gasteiger partial charge in [-0.1, -0.05) is 6.07 Å². The predicted octanol–water partition coefficient (Wildman–Crippen LogP) is 1.35. The molecule has 0 saturated heterocycles. The summed E-state index contributed by atoms with van der Waals surface area (Å²) in [6.45, 7) is 3.77. The van der Waals surface area contributed by atoms with Gasteiger partial charge in [0.15, 0.2) is 0 Å². The van der Waals surface area contributed by atoms with Gasteiger partial charge in [-0.05, 0) is 37.1 Å². The fourth-order valence-electron chi connectivity index (χ4n) is 1.87. The number of hydrogen-bond acceptors (Lipinski definition) is 4. The maximum atomic E-state index is 11.6. The number of hydrogen-bond donors (Lipinski definition) is 1. The average molecular weight is 282 g/mol. The van der Waals surface area contributed by atoms with Gasteiger partial charge in [-0.2, -0.15) is 13.5 Å². The molecule has 1 heterocycles. The monoisotopic (exact) mass is 282 g/mol. The van der Waals surface area contributed by atoms with E-state index >= 15 is 0 Å². The van der Waals surface area contributed by atoms with Crippen LogP contribution in [0.15, 0.2) is 28.2 Å². The molecule has 1 aliphatic heterocycles. The van der Waals surface area contributed by atoms with E-state index in [1.165, 1.54) is 17.1 Å². The van der Waals surface area contributed by atoms with E-state index in [2.05, 4.69) is 5.10 Å². The second-order valence-electron chi connectivity index (χ2n) is 4.53. The van der Waals surface area contributed by atoms with Crippen molar-refractivity contribution in [1.82, 2.24) is 5.01 Å². The van der Waals surface area contributed by atoms with Crippen LogP contribution in [0.3, 0.4) is 0 Å². The van der Waals surface area contributed by atoms with Crippen molar-refractivity contribution in [1.29, 1.82) is 0 Å². The van der Waals surface area contributed by atoms with Gasteiger partial charge in [-0.3, -0.25) is 9.35 Å². The van der Waals surface area contributed by atoms with Crippen molar-refractivity contribution in [2.24, 2.45) is 5.10 Å².